The predicted octanol–water partition coefficient (Wildman–Crippen LogP) is 3.64. The molecular formula is C14H22O3. The summed E-state index contributed by atoms with van der Waals surface area (Å²) >= 11 is 0. The Labute approximate surface area is 103 Å². The minimum Gasteiger partial charge on any atom is -0.508 e. The molecule has 3 atom stereocenters. The standard InChI is InChI=1S/C12H16O3.C2H6/c1-6-7(2)12-10(14)4-9(13)5-11(12)15-8(6)3;1-2/h4-8,13-14H,1-3H3;1-2H3/t6-,7-,8?;/m0./s1. The number of benzene rings is 1. The van der Waals surface area contributed by atoms with E-state index in [9.17, 15) is 10.2 Å². The van der Waals surface area contributed by atoms with Gasteiger partial charge in [0.1, 0.15) is 17.2 Å². The fourth-order valence-corrected chi connectivity index (χ4v) is 2.13. The lowest BCUT2D eigenvalue weighted by atomic mass is 9.82. The SMILES string of the molecule is CC.CC1Oc2cc(O)cc(O)c2[C@@H](C)[C@@H]1C. The number of phenols is 2. The fraction of sp³-hybridized carbons (Fsp3) is 0.571. The van der Waals surface area contributed by atoms with Gasteiger partial charge in [-0.3, -0.25) is 0 Å². The zero-order valence-corrected chi connectivity index (χ0v) is 11.2. The van der Waals surface area contributed by atoms with Crippen LogP contribution in [0.3, 0.4) is 0 Å². The van der Waals surface area contributed by atoms with E-state index in [1.807, 2.05) is 20.8 Å². The highest BCUT2D eigenvalue weighted by atomic mass is 16.5. The Balaban J connectivity index is 0.000000686. The van der Waals surface area contributed by atoms with Crippen LogP contribution < -0.4 is 4.74 Å². The van der Waals surface area contributed by atoms with E-state index < -0.39 is 0 Å². The maximum Gasteiger partial charge on any atom is 0.130 e. The van der Waals surface area contributed by atoms with E-state index in [2.05, 4.69) is 13.8 Å². The molecular weight excluding hydrogens is 216 g/mol. The molecule has 1 aromatic rings. The second kappa shape index (κ2) is 5.30. The van der Waals surface area contributed by atoms with Crippen molar-refractivity contribution < 1.29 is 14.9 Å². The van der Waals surface area contributed by atoms with Gasteiger partial charge in [-0.15, -0.1) is 0 Å². The first-order chi connectivity index (χ1) is 8.00. The summed E-state index contributed by atoms with van der Waals surface area (Å²) < 4.78 is 5.66. The lowest BCUT2D eigenvalue weighted by Crippen LogP contribution is -2.30. The average molecular weight is 238 g/mol. The van der Waals surface area contributed by atoms with E-state index in [1.54, 1.807) is 6.07 Å². The highest BCUT2D eigenvalue weighted by molar-refractivity contribution is 5.52. The summed E-state index contributed by atoms with van der Waals surface area (Å²) in [5, 5.41) is 19.1. The van der Waals surface area contributed by atoms with Gasteiger partial charge in [-0.2, -0.15) is 0 Å². The normalized spacial score (nSPS) is 26.3. The molecule has 0 aliphatic carbocycles. The van der Waals surface area contributed by atoms with E-state index in [0.717, 1.165) is 5.56 Å². The number of hydrogen-bond acceptors (Lipinski definition) is 3. The molecule has 1 aromatic carbocycles. The summed E-state index contributed by atoms with van der Waals surface area (Å²) in [6, 6.07) is 2.93. The molecule has 2 N–H and O–H groups in total. The molecule has 1 aliphatic heterocycles. The molecule has 0 bridgehead atoms. The van der Waals surface area contributed by atoms with Crippen LogP contribution in [0.25, 0.3) is 0 Å². The Morgan fingerprint density at radius 2 is 1.65 bits per heavy atom. The molecule has 3 nitrogen and oxygen atoms in total. The maximum absolute atomic E-state index is 9.77. The van der Waals surface area contributed by atoms with Gasteiger partial charge in [0, 0.05) is 17.7 Å². The molecule has 17 heavy (non-hydrogen) atoms. The van der Waals surface area contributed by atoms with Crippen LogP contribution in [0.1, 0.15) is 46.1 Å². The van der Waals surface area contributed by atoms with Gasteiger partial charge < -0.3 is 14.9 Å². The minimum atomic E-state index is 0.0419. The second-order valence-electron chi connectivity index (χ2n) is 4.35. The number of ether oxygens (including phenoxy) is 1. The van der Waals surface area contributed by atoms with Gasteiger partial charge in [-0.05, 0) is 18.8 Å². The molecule has 0 aromatic heterocycles. The molecule has 0 saturated carbocycles. The Hall–Kier alpha value is -1.38. The van der Waals surface area contributed by atoms with Crippen molar-refractivity contribution in [2.45, 2.75) is 46.6 Å². The highest BCUT2D eigenvalue weighted by Gasteiger charge is 2.32. The average Bonchev–Trinajstić information content (AvgIpc) is 2.27. The first kappa shape index (κ1) is 13.7. The van der Waals surface area contributed by atoms with Crippen molar-refractivity contribution in [3.8, 4) is 17.2 Å². The van der Waals surface area contributed by atoms with Crippen LogP contribution in [-0.4, -0.2) is 16.3 Å². The van der Waals surface area contributed by atoms with Crippen LogP contribution in [0.5, 0.6) is 17.2 Å². The van der Waals surface area contributed by atoms with Crippen molar-refractivity contribution in [1.29, 1.82) is 0 Å². The molecule has 1 unspecified atom stereocenters. The summed E-state index contributed by atoms with van der Waals surface area (Å²) in [5.74, 6) is 1.36. The van der Waals surface area contributed by atoms with E-state index in [1.165, 1.54) is 6.07 Å². The lowest BCUT2D eigenvalue weighted by Gasteiger charge is -2.34. The van der Waals surface area contributed by atoms with Gasteiger partial charge in [-0.25, -0.2) is 0 Å². The number of fused-ring (bicyclic) bond motifs is 1. The molecule has 96 valence electrons. The van der Waals surface area contributed by atoms with Crippen LogP contribution in [0.2, 0.25) is 0 Å². The van der Waals surface area contributed by atoms with Crippen molar-refractivity contribution in [3.05, 3.63) is 17.7 Å². The van der Waals surface area contributed by atoms with Crippen LogP contribution in [0.4, 0.5) is 0 Å². The Morgan fingerprint density at radius 1 is 1.06 bits per heavy atom. The Kier molecular flexibility index (Phi) is 4.27. The summed E-state index contributed by atoms with van der Waals surface area (Å²) in [5.41, 5.74) is 0.804. The highest BCUT2D eigenvalue weighted by Crippen LogP contribution is 2.45. The fourth-order valence-electron chi connectivity index (χ4n) is 2.13. The monoisotopic (exact) mass is 238 g/mol. The number of phenolic OH excluding ortho intramolecular Hbond substituents is 2. The van der Waals surface area contributed by atoms with E-state index >= 15 is 0 Å². The lowest BCUT2D eigenvalue weighted by molar-refractivity contribution is 0.120. The molecule has 0 fully saturated rings. The number of rotatable bonds is 0. The first-order valence-electron chi connectivity index (χ1n) is 6.23. The molecule has 1 aliphatic rings. The topological polar surface area (TPSA) is 49.7 Å². The molecule has 3 heteroatoms. The van der Waals surface area contributed by atoms with Crippen LogP contribution >= 0.6 is 0 Å². The van der Waals surface area contributed by atoms with E-state index in [4.69, 9.17) is 4.74 Å². The van der Waals surface area contributed by atoms with Crippen molar-refractivity contribution in [1.82, 2.24) is 0 Å². The third-order valence-corrected chi connectivity index (χ3v) is 3.40. The smallest absolute Gasteiger partial charge is 0.130 e. The summed E-state index contributed by atoms with van der Waals surface area (Å²) in [6.45, 7) is 10.2. The zero-order chi connectivity index (χ0) is 13.2. The number of aromatic hydroxyl groups is 2. The van der Waals surface area contributed by atoms with E-state index in [0.29, 0.717) is 11.7 Å². The molecule has 0 radical (unpaired) electrons. The third kappa shape index (κ3) is 2.48. The van der Waals surface area contributed by atoms with Crippen molar-refractivity contribution >= 4 is 0 Å². The Morgan fingerprint density at radius 3 is 2.24 bits per heavy atom. The van der Waals surface area contributed by atoms with Crippen molar-refractivity contribution in [3.63, 3.8) is 0 Å². The molecule has 1 heterocycles. The molecule has 0 saturated heterocycles. The predicted molar refractivity (Wildman–Crippen MR) is 68.8 cm³/mol. The number of hydrogen-bond donors (Lipinski definition) is 2. The van der Waals surface area contributed by atoms with Gasteiger partial charge in [0.15, 0.2) is 0 Å². The van der Waals surface area contributed by atoms with E-state index in [-0.39, 0.29) is 23.5 Å². The molecule has 0 amide bonds. The maximum atomic E-state index is 9.77. The van der Waals surface area contributed by atoms with Crippen LogP contribution in [0, 0.1) is 5.92 Å². The zero-order valence-electron chi connectivity index (χ0n) is 11.2. The quantitative estimate of drug-likeness (QED) is 0.725. The van der Waals surface area contributed by atoms with Crippen molar-refractivity contribution in [2.75, 3.05) is 0 Å². The van der Waals surface area contributed by atoms with Gasteiger partial charge in [0.2, 0.25) is 0 Å². The molecule has 0 spiro atoms. The molecule has 2 rings (SSSR count). The second-order valence-corrected chi connectivity index (χ2v) is 4.35. The third-order valence-electron chi connectivity index (χ3n) is 3.40. The summed E-state index contributed by atoms with van der Waals surface area (Å²) in [6.07, 6.45) is 0.105. The van der Waals surface area contributed by atoms with Gasteiger partial charge in [0.25, 0.3) is 0 Å². The van der Waals surface area contributed by atoms with Gasteiger partial charge in [-0.1, -0.05) is 27.7 Å². The van der Waals surface area contributed by atoms with Crippen LogP contribution in [0.15, 0.2) is 12.1 Å². The summed E-state index contributed by atoms with van der Waals surface area (Å²) in [4.78, 5) is 0. The van der Waals surface area contributed by atoms with Gasteiger partial charge in [0.05, 0.1) is 6.10 Å². The van der Waals surface area contributed by atoms with Crippen molar-refractivity contribution in [2.24, 2.45) is 5.92 Å². The first-order valence-corrected chi connectivity index (χ1v) is 6.23. The Bertz CT molecular complexity index is 387. The van der Waals surface area contributed by atoms with Crippen LogP contribution in [-0.2, 0) is 0 Å². The largest absolute Gasteiger partial charge is 0.508 e. The summed E-state index contributed by atoms with van der Waals surface area (Å²) in [7, 11) is 0. The van der Waals surface area contributed by atoms with Gasteiger partial charge >= 0.3 is 0 Å². The minimum absolute atomic E-state index is 0.0419.